The predicted octanol–water partition coefficient (Wildman–Crippen LogP) is 5.66. The first kappa shape index (κ1) is 23.2. The first-order valence-electron chi connectivity index (χ1n) is 11.3. The number of benzene rings is 3. The van der Waals surface area contributed by atoms with Crippen molar-refractivity contribution in [1.29, 1.82) is 0 Å². The molecule has 0 bridgehead atoms. The molecule has 0 saturated carbocycles. The van der Waals surface area contributed by atoms with Crippen LogP contribution in [0, 0.1) is 11.6 Å². The number of nitrogens with zero attached hydrogens (tertiary/aromatic N) is 3. The average molecular weight is 485 g/mol. The Morgan fingerprint density at radius 3 is 2.42 bits per heavy atom. The van der Waals surface area contributed by atoms with Crippen LogP contribution in [-0.2, 0) is 6.54 Å². The molecule has 1 amide bonds. The monoisotopic (exact) mass is 485 g/mol. The molecular formula is C28H21F2N3O3. The SMILES string of the molecule is CC(c1nc2ccccc2c(=O)n1-c1ccc(F)cc1)N(Cc1ccco1)C(=O)c1ccccc1F. The minimum Gasteiger partial charge on any atom is -0.467 e. The number of furan rings is 1. The van der Waals surface area contributed by atoms with E-state index in [0.29, 0.717) is 22.4 Å². The molecule has 0 aliphatic rings. The lowest BCUT2D eigenvalue weighted by Gasteiger charge is -2.30. The summed E-state index contributed by atoms with van der Waals surface area (Å²) in [6, 6.07) is 20.6. The lowest BCUT2D eigenvalue weighted by molar-refractivity contribution is 0.0643. The van der Waals surface area contributed by atoms with Gasteiger partial charge in [0.1, 0.15) is 23.2 Å². The highest BCUT2D eigenvalue weighted by Crippen LogP contribution is 2.27. The molecule has 1 atom stereocenters. The summed E-state index contributed by atoms with van der Waals surface area (Å²) in [6.07, 6.45) is 1.48. The van der Waals surface area contributed by atoms with E-state index in [2.05, 4.69) is 0 Å². The first-order valence-corrected chi connectivity index (χ1v) is 11.3. The minimum absolute atomic E-state index is 0.00739. The first-order chi connectivity index (χ1) is 17.4. The van der Waals surface area contributed by atoms with Gasteiger partial charge in [-0.3, -0.25) is 14.2 Å². The van der Waals surface area contributed by atoms with Crippen molar-refractivity contribution >= 4 is 16.8 Å². The second kappa shape index (κ2) is 9.58. The number of carbonyl (C=O) groups is 1. The van der Waals surface area contributed by atoms with Crippen LogP contribution in [0.4, 0.5) is 8.78 Å². The number of halogens is 2. The molecule has 0 aliphatic heterocycles. The number of aromatic nitrogens is 2. The van der Waals surface area contributed by atoms with E-state index in [-0.39, 0.29) is 23.5 Å². The van der Waals surface area contributed by atoms with Gasteiger partial charge < -0.3 is 9.32 Å². The van der Waals surface area contributed by atoms with Crippen LogP contribution in [0.1, 0.15) is 34.9 Å². The molecular weight excluding hydrogens is 464 g/mol. The maximum atomic E-state index is 14.6. The van der Waals surface area contributed by atoms with E-state index >= 15 is 0 Å². The molecule has 5 aromatic rings. The van der Waals surface area contributed by atoms with E-state index in [1.807, 2.05) is 0 Å². The molecule has 0 N–H and O–H groups in total. The standard InChI is InChI=1S/C28H21F2N3O3/c1-18(32(17-21-7-6-16-36-21)27(34)22-8-2-4-10-24(22)30)26-31-25-11-5-3-9-23(25)28(35)33(26)20-14-12-19(29)13-15-20/h2-16,18H,17H2,1H3. The predicted molar refractivity (Wildman–Crippen MR) is 131 cm³/mol. The number of rotatable bonds is 6. The van der Waals surface area contributed by atoms with Gasteiger partial charge in [-0.2, -0.15) is 0 Å². The molecule has 0 radical (unpaired) electrons. The largest absolute Gasteiger partial charge is 0.467 e. The van der Waals surface area contributed by atoms with Gasteiger partial charge >= 0.3 is 0 Å². The highest BCUT2D eigenvalue weighted by Gasteiger charge is 2.29. The summed E-state index contributed by atoms with van der Waals surface area (Å²) in [6.45, 7) is 1.71. The highest BCUT2D eigenvalue weighted by atomic mass is 19.1. The Bertz CT molecular complexity index is 1600. The third-order valence-corrected chi connectivity index (χ3v) is 6.00. The van der Waals surface area contributed by atoms with Crippen LogP contribution in [0.25, 0.3) is 16.6 Å². The summed E-state index contributed by atoms with van der Waals surface area (Å²) in [7, 11) is 0. The summed E-state index contributed by atoms with van der Waals surface area (Å²) >= 11 is 0. The zero-order valence-corrected chi connectivity index (χ0v) is 19.3. The van der Waals surface area contributed by atoms with Crippen molar-refractivity contribution in [2.75, 3.05) is 0 Å². The maximum absolute atomic E-state index is 14.6. The third-order valence-electron chi connectivity index (χ3n) is 6.00. The molecule has 36 heavy (non-hydrogen) atoms. The van der Waals surface area contributed by atoms with Gasteiger partial charge in [0.05, 0.1) is 41.0 Å². The highest BCUT2D eigenvalue weighted by molar-refractivity contribution is 5.94. The summed E-state index contributed by atoms with van der Waals surface area (Å²) in [5, 5.41) is 0.371. The smallest absolute Gasteiger partial charge is 0.266 e. The lowest BCUT2D eigenvalue weighted by Crippen LogP contribution is -2.37. The molecule has 3 aromatic carbocycles. The second-order valence-electron chi connectivity index (χ2n) is 8.27. The number of hydrogen-bond donors (Lipinski definition) is 0. The summed E-state index contributed by atoms with van der Waals surface area (Å²) < 4.78 is 35.1. The molecule has 5 rings (SSSR count). The Kier molecular flexibility index (Phi) is 6.16. The Morgan fingerprint density at radius 2 is 1.69 bits per heavy atom. The quantitative estimate of drug-likeness (QED) is 0.311. The van der Waals surface area contributed by atoms with E-state index in [1.54, 1.807) is 49.4 Å². The number of para-hydroxylation sites is 1. The van der Waals surface area contributed by atoms with Crippen molar-refractivity contribution in [3.8, 4) is 5.69 Å². The molecule has 8 heteroatoms. The van der Waals surface area contributed by atoms with E-state index in [4.69, 9.17) is 9.40 Å². The third kappa shape index (κ3) is 4.29. The van der Waals surface area contributed by atoms with Crippen LogP contribution in [-0.4, -0.2) is 20.4 Å². The fraction of sp³-hybridized carbons (Fsp3) is 0.107. The van der Waals surface area contributed by atoms with Gasteiger partial charge in [-0.15, -0.1) is 0 Å². The van der Waals surface area contributed by atoms with Crippen molar-refractivity contribution < 1.29 is 18.0 Å². The van der Waals surface area contributed by atoms with Gasteiger partial charge in [-0.25, -0.2) is 13.8 Å². The van der Waals surface area contributed by atoms with E-state index in [9.17, 15) is 18.4 Å². The molecule has 6 nitrogen and oxygen atoms in total. The van der Waals surface area contributed by atoms with Gasteiger partial charge in [0.15, 0.2) is 0 Å². The van der Waals surface area contributed by atoms with Crippen LogP contribution in [0.5, 0.6) is 0 Å². The molecule has 180 valence electrons. The fourth-order valence-corrected chi connectivity index (χ4v) is 4.15. The van der Waals surface area contributed by atoms with Crippen molar-refractivity contribution in [3.63, 3.8) is 0 Å². The van der Waals surface area contributed by atoms with Crippen LogP contribution in [0.15, 0.2) is 100 Å². The van der Waals surface area contributed by atoms with Crippen LogP contribution >= 0.6 is 0 Å². The Balaban J connectivity index is 1.71. The van der Waals surface area contributed by atoms with Gasteiger partial charge in [-0.1, -0.05) is 24.3 Å². The molecule has 0 saturated heterocycles. The average Bonchev–Trinajstić information content (AvgIpc) is 3.41. The molecule has 0 fully saturated rings. The molecule has 2 aromatic heterocycles. The molecule has 0 aliphatic carbocycles. The fourth-order valence-electron chi connectivity index (χ4n) is 4.15. The number of fused-ring (bicyclic) bond motifs is 1. The molecule has 2 heterocycles. The summed E-state index contributed by atoms with van der Waals surface area (Å²) in [4.78, 5) is 33.4. The zero-order valence-electron chi connectivity index (χ0n) is 19.3. The van der Waals surface area contributed by atoms with Gasteiger partial charge in [0.2, 0.25) is 0 Å². The Labute approximate surface area is 205 Å². The number of hydrogen-bond acceptors (Lipinski definition) is 4. The topological polar surface area (TPSA) is 68.3 Å². The van der Waals surface area contributed by atoms with Crippen molar-refractivity contribution in [3.05, 3.63) is 130 Å². The maximum Gasteiger partial charge on any atom is 0.266 e. The van der Waals surface area contributed by atoms with Crippen LogP contribution < -0.4 is 5.56 Å². The Morgan fingerprint density at radius 1 is 0.972 bits per heavy atom. The van der Waals surface area contributed by atoms with Gasteiger partial charge in [-0.05, 0) is 67.6 Å². The van der Waals surface area contributed by atoms with Crippen LogP contribution in [0.3, 0.4) is 0 Å². The zero-order chi connectivity index (χ0) is 25.2. The van der Waals surface area contributed by atoms with Crippen molar-refractivity contribution in [1.82, 2.24) is 14.5 Å². The second-order valence-corrected chi connectivity index (χ2v) is 8.27. The van der Waals surface area contributed by atoms with Gasteiger partial charge in [0.25, 0.3) is 11.5 Å². The van der Waals surface area contributed by atoms with Crippen LogP contribution in [0.2, 0.25) is 0 Å². The summed E-state index contributed by atoms with van der Waals surface area (Å²) in [5.74, 6) is -1.000. The van der Waals surface area contributed by atoms with E-state index in [1.165, 1.54) is 58.2 Å². The number of carbonyl (C=O) groups excluding carboxylic acids is 1. The van der Waals surface area contributed by atoms with E-state index < -0.39 is 23.6 Å². The summed E-state index contributed by atoms with van der Waals surface area (Å²) in [5.41, 5.74) is 0.342. The van der Waals surface area contributed by atoms with Gasteiger partial charge in [0, 0.05) is 0 Å². The van der Waals surface area contributed by atoms with Crippen molar-refractivity contribution in [2.45, 2.75) is 19.5 Å². The molecule has 0 spiro atoms. The Hall–Kier alpha value is -4.59. The van der Waals surface area contributed by atoms with E-state index in [0.717, 1.165) is 0 Å². The minimum atomic E-state index is -0.801. The lowest BCUT2D eigenvalue weighted by atomic mass is 10.1. The van der Waals surface area contributed by atoms with Crippen molar-refractivity contribution in [2.24, 2.45) is 0 Å². The number of amides is 1. The molecule has 1 unspecified atom stereocenters. The normalized spacial score (nSPS) is 12.0.